The Hall–Kier alpha value is -3.88. The Morgan fingerprint density at radius 2 is 0.930 bits per heavy atom. The third-order valence-electron chi connectivity index (χ3n) is 11.4. The van der Waals surface area contributed by atoms with Crippen LogP contribution < -0.4 is 11.5 Å². The summed E-state index contributed by atoms with van der Waals surface area (Å²) in [5.74, 6) is 0.547. The second-order valence-electron chi connectivity index (χ2n) is 16.6. The Labute approximate surface area is 335 Å². The highest BCUT2D eigenvalue weighted by atomic mass is 16.6. The van der Waals surface area contributed by atoms with E-state index in [4.69, 9.17) is 44.6 Å². The van der Waals surface area contributed by atoms with E-state index >= 15 is 0 Å². The molecule has 0 amide bonds. The van der Waals surface area contributed by atoms with Crippen LogP contribution in [0.15, 0.2) is 84.9 Å². The first kappa shape index (κ1) is 39.9. The minimum Gasteiger partial charge on any atom is -0.508 e. The van der Waals surface area contributed by atoms with Gasteiger partial charge in [-0.15, -0.1) is 0 Å². The van der Waals surface area contributed by atoms with Crippen molar-refractivity contribution in [3.63, 3.8) is 0 Å². The van der Waals surface area contributed by atoms with Gasteiger partial charge in [-0.25, -0.2) is 0 Å². The van der Waals surface area contributed by atoms with E-state index in [0.29, 0.717) is 18.3 Å². The first-order chi connectivity index (χ1) is 27.5. The van der Waals surface area contributed by atoms with Crippen molar-refractivity contribution in [2.75, 3.05) is 52.9 Å². The molecule has 6 aliphatic rings. The van der Waals surface area contributed by atoms with Gasteiger partial charge < -0.3 is 54.8 Å². The fraction of sp³-hybridized carbons (Fsp3) is 0.478. The summed E-state index contributed by atoms with van der Waals surface area (Å²) >= 11 is 0. The molecule has 57 heavy (non-hydrogen) atoms. The van der Waals surface area contributed by atoms with Gasteiger partial charge in [0, 0.05) is 31.1 Å². The number of epoxide rings is 6. The third kappa shape index (κ3) is 11.2. The lowest BCUT2D eigenvalue weighted by Crippen LogP contribution is -2.48. The lowest BCUT2D eigenvalue weighted by atomic mass is 9.78. The van der Waals surface area contributed by atoms with Gasteiger partial charge in [0.2, 0.25) is 0 Å². The van der Waals surface area contributed by atoms with E-state index in [1.165, 1.54) is 22.3 Å². The monoisotopic (exact) mass is 780 g/mol. The predicted octanol–water partition coefficient (Wildman–Crippen LogP) is 4.79. The van der Waals surface area contributed by atoms with Gasteiger partial charge in [-0.05, 0) is 68.8 Å². The molecule has 0 bridgehead atoms. The molecule has 0 spiro atoms. The smallest absolute Gasteiger partial charge is 0.117 e. The van der Waals surface area contributed by atoms with Gasteiger partial charge in [-0.2, -0.15) is 0 Å². The molecule has 6 heterocycles. The summed E-state index contributed by atoms with van der Waals surface area (Å²) in [6, 6.07) is 26.7. The summed E-state index contributed by atoms with van der Waals surface area (Å²) in [5.41, 5.74) is 22.0. The van der Waals surface area contributed by atoms with Gasteiger partial charge in [-0.1, -0.05) is 74.5 Å². The molecule has 11 nitrogen and oxygen atoms in total. The average Bonchev–Trinajstić information content (AvgIpc) is 3.98. The van der Waals surface area contributed by atoms with Gasteiger partial charge in [0.1, 0.15) is 29.4 Å². The molecule has 6 fully saturated rings. The Morgan fingerprint density at radius 1 is 0.526 bits per heavy atom. The van der Waals surface area contributed by atoms with Crippen LogP contribution in [0.2, 0.25) is 0 Å². The summed E-state index contributed by atoms with van der Waals surface area (Å²) in [6.07, 6.45) is 5.44. The molecular weight excluding hydrogens is 725 g/mol. The fourth-order valence-corrected chi connectivity index (χ4v) is 7.30. The number of aromatic hydroxyl groups is 2. The van der Waals surface area contributed by atoms with Crippen LogP contribution in [0, 0.1) is 0 Å². The molecule has 0 aliphatic carbocycles. The molecule has 6 atom stereocenters. The standard InChI is InChI=1S/C25H30N2O4.C15H16O2.C6H10O3/c26-25(27,16-4-2-1-3-5-16)24-7-15(6-17-11-28-17)21(8-18-12-29-18)22(9-19-13-30-19)23(24)10-20-14-31-20;1-15(2,11-3-7-13(16)8-4-11)12-5-9-14(17)10-6-12;1(5-3-8-5)7-2-6-4-9-6/h1-5,7,17-20H,6,8-14,26-27H2;3-10,16-17H,1-2H3;5-6H,1-4H2. The molecule has 11 heteroatoms. The zero-order valence-electron chi connectivity index (χ0n) is 32.9. The Balaban J connectivity index is 0.000000145. The Kier molecular flexibility index (Phi) is 12.0. The van der Waals surface area contributed by atoms with Crippen LogP contribution in [0.1, 0.15) is 58.4 Å². The van der Waals surface area contributed by atoms with Crippen molar-refractivity contribution in [2.45, 2.75) is 87.2 Å². The van der Waals surface area contributed by atoms with Gasteiger partial charge in [0.15, 0.2) is 0 Å². The number of nitrogens with two attached hydrogens (primary N) is 2. The minimum atomic E-state index is -1.08. The maximum Gasteiger partial charge on any atom is 0.117 e. The zero-order chi connectivity index (χ0) is 39.6. The molecule has 4 aromatic rings. The van der Waals surface area contributed by atoms with Crippen LogP contribution in [0.4, 0.5) is 0 Å². The van der Waals surface area contributed by atoms with E-state index in [1.807, 2.05) is 54.6 Å². The predicted molar refractivity (Wildman–Crippen MR) is 214 cm³/mol. The van der Waals surface area contributed by atoms with Crippen molar-refractivity contribution in [1.29, 1.82) is 0 Å². The van der Waals surface area contributed by atoms with E-state index in [-0.39, 0.29) is 35.2 Å². The van der Waals surface area contributed by atoms with E-state index in [1.54, 1.807) is 24.3 Å². The molecule has 0 saturated carbocycles. The van der Waals surface area contributed by atoms with Crippen LogP contribution >= 0.6 is 0 Å². The number of ether oxygens (including phenoxy) is 7. The Bertz CT molecular complexity index is 1870. The zero-order valence-corrected chi connectivity index (χ0v) is 32.9. The quantitative estimate of drug-likeness (QED) is 0.0908. The molecule has 0 radical (unpaired) electrons. The molecule has 0 aromatic heterocycles. The molecular formula is C46H56N2O9. The van der Waals surface area contributed by atoms with E-state index in [9.17, 15) is 10.2 Å². The molecule has 6 saturated heterocycles. The first-order valence-electron chi connectivity index (χ1n) is 20.2. The van der Waals surface area contributed by atoms with Crippen LogP contribution in [0.25, 0.3) is 0 Å². The van der Waals surface area contributed by atoms with Crippen LogP contribution in [-0.4, -0.2) is 99.7 Å². The number of hydrogen-bond acceptors (Lipinski definition) is 11. The normalized spacial score (nSPS) is 25.0. The minimum absolute atomic E-state index is 0.151. The average molecular weight is 781 g/mol. The highest BCUT2D eigenvalue weighted by molar-refractivity contribution is 5.53. The largest absolute Gasteiger partial charge is 0.508 e. The van der Waals surface area contributed by atoms with Crippen LogP contribution in [0.5, 0.6) is 11.5 Å². The maximum absolute atomic E-state index is 9.30. The lowest BCUT2D eigenvalue weighted by molar-refractivity contribution is 0.102. The molecule has 10 rings (SSSR count). The van der Waals surface area contributed by atoms with Crippen LogP contribution in [-0.2, 0) is 69.9 Å². The number of hydrogen-bond donors (Lipinski definition) is 4. The molecule has 6 N–H and O–H groups in total. The Morgan fingerprint density at radius 3 is 1.37 bits per heavy atom. The maximum atomic E-state index is 9.30. The second-order valence-corrected chi connectivity index (χ2v) is 16.6. The molecule has 6 unspecified atom stereocenters. The van der Waals surface area contributed by atoms with Crippen molar-refractivity contribution < 1.29 is 43.4 Å². The second kappa shape index (κ2) is 17.1. The van der Waals surface area contributed by atoms with Crippen molar-refractivity contribution in [1.82, 2.24) is 0 Å². The highest BCUT2D eigenvalue weighted by Crippen LogP contribution is 2.39. The number of benzene rings is 4. The van der Waals surface area contributed by atoms with Gasteiger partial charge >= 0.3 is 0 Å². The third-order valence-corrected chi connectivity index (χ3v) is 11.4. The van der Waals surface area contributed by atoms with E-state index in [0.717, 1.165) is 101 Å². The number of rotatable bonds is 16. The molecule has 4 aromatic carbocycles. The number of phenolic OH excluding ortho intramolecular Hbond substituents is 2. The topological polar surface area (TPSA) is 177 Å². The summed E-state index contributed by atoms with van der Waals surface area (Å²) in [5, 5.41) is 18.6. The van der Waals surface area contributed by atoms with Gasteiger partial charge in [0.05, 0.1) is 77.3 Å². The summed E-state index contributed by atoms with van der Waals surface area (Å²) in [7, 11) is 0. The van der Waals surface area contributed by atoms with Crippen molar-refractivity contribution in [2.24, 2.45) is 11.5 Å². The van der Waals surface area contributed by atoms with E-state index in [2.05, 4.69) is 19.9 Å². The van der Waals surface area contributed by atoms with Gasteiger partial charge in [-0.3, -0.25) is 0 Å². The van der Waals surface area contributed by atoms with Crippen LogP contribution in [0.3, 0.4) is 0 Å². The van der Waals surface area contributed by atoms with Crippen molar-refractivity contribution in [3.8, 4) is 11.5 Å². The van der Waals surface area contributed by atoms with E-state index < -0.39 is 5.66 Å². The van der Waals surface area contributed by atoms with Crippen molar-refractivity contribution >= 4 is 0 Å². The lowest BCUT2D eigenvalue weighted by Gasteiger charge is -2.32. The van der Waals surface area contributed by atoms with Gasteiger partial charge in [0.25, 0.3) is 0 Å². The summed E-state index contributed by atoms with van der Waals surface area (Å²) in [4.78, 5) is 0. The highest BCUT2D eigenvalue weighted by Gasteiger charge is 2.38. The molecule has 6 aliphatic heterocycles. The molecule has 304 valence electrons. The number of phenols is 2. The fourth-order valence-electron chi connectivity index (χ4n) is 7.30. The first-order valence-corrected chi connectivity index (χ1v) is 20.2. The van der Waals surface area contributed by atoms with Crippen molar-refractivity contribution in [3.05, 3.63) is 129 Å². The SMILES string of the molecule is C(OCC1CO1)C1CO1.CC(C)(c1ccc(O)cc1)c1ccc(O)cc1.NC(N)(c1ccccc1)c1cc(CC2CO2)c(CC2CO2)c(CC2CO2)c1CC1CO1. The summed E-state index contributed by atoms with van der Waals surface area (Å²) < 4.78 is 37.6. The summed E-state index contributed by atoms with van der Waals surface area (Å²) in [6.45, 7) is 10.8.